The second-order valence-corrected chi connectivity index (χ2v) is 4.50. The van der Waals surface area contributed by atoms with Crippen LogP contribution in [0.15, 0.2) is 18.3 Å². The highest BCUT2D eigenvalue weighted by atomic mass is 16.4. The van der Waals surface area contributed by atoms with Crippen LogP contribution in [-0.2, 0) is 0 Å². The molecule has 0 saturated carbocycles. The molecule has 0 saturated heterocycles. The number of likely N-dealkylation sites (N-methyl/N-ethyl adjacent to an activating group) is 1. The van der Waals surface area contributed by atoms with E-state index in [1.54, 1.807) is 12.3 Å². The molecule has 0 fully saturated rings. The minimum atomic E-state index is -0.914. The third kappa shape index (κ3) is 4.33. The summed E-state index contributed by atoms with van der Waals surface area (Å²) >= 11 is 0. The molecule has 1 aromatic heterocycles. The number of nitrogens with zero attached hydrogens (tertiary/aromatic N) is 3. The lowest BCUT2D eigenvalue weighted by molar-refractivity contribution is 0.0697. The highest BCUT2D eigenvalue weighted by Crippen LogP contribution is 2.13. The molecule has 1 aromatic rings. The molecule has 0 unspecified atom stereocenters. The molecule has 1 heterocycles. The van der Waals surface area contributed by atoms with Gasteiger partial charge in [-0.05, 0) is 32.6 Å². The van der Waals surface area contributed by atoms with E-state index in [1.165, 1.54) is 6.07 Å². The molecule has 1 N–H and O–H groups in total. The summed E-state index contributed by atoms with van der Waals surface area (Å²) in [6.45, 7) is 4.74. The summed E-state index contributed by atoms with van der Waals surface area (Å²) in [6, 6.07) is 3.15. The minimum absolute atomic E-state index is 0.283. The molecule has 0 aromatic carbocycles. The lowest BCUT2D eigenvalue weighted by atomic mass is 10.2. The van der Waals surface area contributed by atoms with Crippen LogP contribution in [-0.4, -0.2) is 54.7 Å². The lowest BCUT2D eigenvalue weighted by Gasteiger charge is -2.25. The molecule has 0 radical (unpaired) electrons. The average molecular weight is 251 g/mol. The van der Waals surface area contributed by atoms with E-state index in [2.05, 4.69) is 21.7 Å². The van der Waals surface area contributed by atoms with E-state index in [0.29, 0.717) is 0 Å². The van der Waals surface area contributed by atoms with Gasteiger partial charge in [-0.3, -0.25) is 0 Å². The molecule has 0 aliphatic rings. The van der Waals surface area contributed by atoms with E-state index in [0.717, 1.165) is 31.9 Å². The average Bonchev–Trinajstić information content (AvgIpc) is 2.34. The van der Waals surface area contributed by atoms with E-state index in [-0.39, 0.29) is 5.56 Å². The largest absolute Gasteiger partial charge is 0.478 e. The Labute approximate surface area is 108 Å². The van der Waals surface area contributed by atoms with Gasteiger partial charge in [-0.15, -0.1) is 0 Å². The molecule has 0 amide bonds. The maximum absolute atomic E-state index is 10.9. The van der Waals surface area contributed by atoms with Crippen molar-refractivity contribution < 1.29 is 9.90 Å². The molecule has 0 atom stereocenters. The van der Waals surface area contributed by atoms with Crippen molar-refractivity contribution in [3.05, 3.63) is 23.9 Å². The quantitative estimate of drug-likeness (QED) is 0.797. The summed E-state index contributed by atoms with van der Waals surface area (Å²) in [5.74, 6) is -0.179. The molecule has 100 valence electrons. The van der Waals surface area contributed by atoms with Gasteiger partial charge in [0.2, 0.25) is 0 Å². The smallest absolute Gasteiger partial charge is 0.335 e. The van der Waals surface area contributed by atoms with Crippen molar-refractivity contribution in [2.75, 3.05) is 38.6 Å². The highest BCUT2D eigenvalue weighted by molar-refractivity contribution is 5.88. The van der Waals surface area contributed by atoms with E-state index < -0.39 is 5.97 Å². The third-order valence-corrected chi connectivity index (χ3v) is 2.63. The number of aromatic carboxylic acids is 1. The molecular weight excluding hydrogens is 230 g/mol. The van der Waals surface area contributed by atoms with Gasteiger partial charge < -0.3 is 14.9 Å². The van der Waals surface area contributed by atoms with Gasteiger partial charge in [0.15, 0.2) is 0 Å². The number of aromatic nitrogens is 1. The molecule has 0 bridgehead atoms. The number of carboxylic acids is 1. The standard InChI is InChI=1S/C13H21N3O2/c1-4-7-16(9-8-15(2)3)12-10-11(13(17)18)5-6-14-12/h5-6,10H,4,7-9H2,1-3H3,(H,17,18). The van der Waals surface area contributed by atoms with Crippen LogP contribution in [0.4, 0.5) is 5.82 Å². The summed E-state index contributed by atoms with van der Waals surface area (Å²) in [5, 5.41) is 8.98. The van der Waals surface area contributed by atoms with Crippen LogP contribution in [0.3, 0.4) is 0 Å². The van der Waals surface area contributed by atoms with Crippen LogP contribution < -0.4 is 4.90 Å². The topological polar surface area (TPSA) is 56.7 Å². The molecule has 0 aliphatic carbocycles. The Morgan fingerprint density at radius 2 is 2.06 bits per heavy atom. The van der Waals surface area contributed by atoms with Gasteiger partial charge in [0.25, 0.3) is 0 Å². The summed E-state index contributed by atoms with van der Waals surface area (Å²) in [5.41, 5.74) is 0.283. The fourth-order valence-corrected chi connectivity index (χ4v) is 1.66. The Bertz CT molecular complexity index is 394. The molecule has 5 nitrogen and oxygen atoms in total. The maximum atomic E-state index is 10.9. The number of pyridine rings is 1. The minimum Gasteiger partial charge on any atom is -0.478 e. The maximum Gasteiger partial charge on any atom is 0.335 e. The molecule has 18 heavy (non-hydrogen) atoms. The Balaban J connectivity index is 2.83. The van der Waals surface area contributed by atoms with Crippen LogP contribution >= 0.6 is 0 Å². The zero-order chi connectivity index (χ0) is 13.5. The van der Waals surface area contributed by atoms with Gasteiger partial charge >= 0.3 is 5.97 Å². The van der Waals surface area contributed by atoms with E-state index >= 15 is 0 Å². The number of rotatable bonds is 7. The number of carbonyl (C=O) groups is 1. The van der Waals surface area contributed by atoms with E-state index in [9.17, 15) is 4.79 Å². The van der Waals surface area contributed by atoms with Gasteiger partial charge in [0.05, 0.1) is 5.56 Å². The van der Waals surface area contributed by atoms with Crippen molar-refractivity contribution in [3.63, 3.8) is 0 Å². The monoisotopic (exact) mass is 251 g/mol. The molecular formula is C13H21N3O2. The Morgan fingerprint density at radius 3 is 2.61 bits per heavy atom. The van der Waals surface area contributed by atoms with Crippen molar-refractivity contribution in [2.45, 2.75) is 13.3 Å². The van der Waals surface area contributed by atoms with Gasteiger partial charge in [0, 0.05) is 25.8 Å². The number of hydrogen-bond acceptors (Lipinski definition) is 4. The lowest BCUT2D eigenvalue weighted by Crippen LogP contribution is -2.33. The summed E-state index contributed by atoms with van der Waals surface area (Å²) < 4.78 is 0. The first-order valence-electron chi connectivity index (χ1n) is 6.13. The first kappa shape index (κ1) is 14.4. The molecule has 0 spiro atoms. The summed E-state index contributed by atoms with van der Waals surface area (Å²) in [6.07, 6.45) is 2.56. The highest BCUT2D eigenvalue weighted by Gasteiger charge is 2.10. The Hall–Kier alpha value is -1.62. The Kier molecular flexibility index (Phi) is 5.58. The number of hydrogen-bond donors (Lipinski definition) is 1. The first-order chi connectivity index (χ1) is 8.54. The zero-order valence-corrected chi connectivity index (χ0v) is 11.3. The normalized spacial score (nSPS) is 10.7. The van der Waals surface area contributed by atoms with E-state index in [1.807, 2.05) is 14.1 Å². The van der Waals surface area contributed by atoms with Crippen molar-refractivity contribution in [2.24, 2.45) is 0 Å². The molecule has 5 heteroatoms. The Morgan fingerprint density at radius 1 is 1.33 bits per heavy atom. The van der Waals surface area contributed by atoms with Crippen molar-refractivity contribution in [1.82, 2.24) is 9.88 Å². The summed E-state index contributed by atoms with van der Waals surface area (Å²) in [7, 11) is 4.04. The summed E-state index contributed by atoms with van der Waals surface area (Å²) in [4.78, 5) is 19.4. The van der Waals surface area contributed by atoms with Crippen molar-refractivity contribution >= 4 is 11.8 Å². The van der Waals surface area contributed by atoms with Crippen LogP contribution in [0.25, 0.3) is 0 Å². The van der Waals surface area contributed by atoms with Crippen LogP contribution in [0.2, 0.25) is 0 Å². The van der Waals surface area contributed by atoms with Gasteiger partial charge in [-0.1, -0.05) is 6.92 Å². The first-order valence-corrected chi connectivity index (χ1v) is 6.13. The fraction of sp³-hybridized carbons (Fsp3) is 0.538. The molecule has 0 aliphatic heterocycles. The van der Waals surface area contributed by atoms with Gasteiger partial charge in [-0.2, -0.15) is 0 Å². The van der Waals surface area contributed by atoms with Gasteiger partial charge in [-0.25, -0.2) is 9.78 Å². The second-order valence-electron chi connectivity index (χ2n) is 4.50. The predicted octanol–water partition coefficient (Wildman–Crippen LogP) is 1.56. The zero-order valence-electron chi connectivity index (χ0n) is 11.3. The predicted molar refractivity (Wildman–Crippen MR) is 72.3 cm³/mol. The van der Waals surface area contributed by atoms with Crippen LogP contribution in [0, 0.1) is 0 Å². The van der Waals surface area contributed by atoms with Crippen molar-refractivity contribution in [3.8, 4) is 0 Å². The third-order valence-electron chi connectivity index (χ3n) is 2.63. The van der Waals surface area contributed by atoms with E-state index in [4.69, 9.17) is 5.11 Å². The van der Waals surface area contributed by atoms with Crippen LogP contribution in [0.1, 0.15) is 23.7 Å². The van der Waals surface area contributed by atoms with Crippen molar-refractivity contribution in [1.29, 1.82) is 0 Å². The number of carboxylic acid groups (broad SMARTS) is 1. The number of anilines is 1. The van der Waals surface area contributed by atoms with Gasteiger partial charge in [0.1, 0.15) is 5.82 Å². The van der Waals surface area contributed by atoms with Crippen LogP contribution in [0.5, 0.6) is 0 Å². The SMILES string of the molecule is CCCN(CCN(C)C)c1cc(C(=O)O)ccn1. The fourth-order valence-electron chi connectivity index (χ4n) is 1.66. The molecule has 1 rings (SSSR count). The second kappa shape index (κ2) is 6.96.